The lowest BCUT2D eigenvalue weighted by Crippen LogP contribution is -2.43. The molecule has 6 nitrogen and oxygen atoms in total. The third-order valence-electron chi connectivity index (χ3n) is 6.12. The van der Waals surface area contributed by atoms with Crippen LogP contribution in [-0.2, 0) is 9.36 Å². The second kappa shape index (κ2) is 10.0. The fraction of sp³-hybridized carbons (Fsp3) is 0.231. The van der Waals surface area contributed by atoms with Crippen molar-refractivity contribution in [2.75, 3.05) is 30.1 Å². The summed E-state index contributed by atoms with van der Waals surface area (Å²) in [6.45, 7) is 5.15. The highest BCUT2D eigenvalue weighted by Gasteiger charge is 2.35. The van der Waals surface area contributed by atoms with Crippen LogP contribution in [0, 0.1) is 18.6 Å². The van der Waals surface area contributed by atoms with E-state index in [4.69, 9.17) is 11.6 Å². The van der Waals surface area contributed by atoms with Crippen molar-refractivity contribution in [2.24, 2.45) is 0 Å². The van der Waals surface area contributed by atoms with E-state index >= 15 is 4.39 Å². The summed E-state index contributed by atoms with van der Waals surface area (Å²) in [7, 11) is -2.61. The zero-order valence-electron chi connectivity index (χ0n) is 19.9. The van der Waals surface area contributed by atoms with Gasteiger partial charge in [0, 0.05) is 16.9 Å². The Kier molecular flexibility index (Phi) is 7.21. The molecule has 0 saturated carbocycles. The number of hydrogen-bond donors (Lipinski definition) is 2. The van der Waals surface area contributed by atoms with Gasteiger partial charge in [0.1, 0.15) is 24.8 Å². The maximum absolute atomic E-state index is 15.5. The summed E-state index contributed by atoms with van der Waals surface area (Å²) in [6.07, 6.45) is 0.257. The highest BCUT2D eigenvalue weighted by Crippen LogP contribution is 2.41. The Balaban J connectivity index is 1.53. The number of urea groups is 1. The molecule has 3 amide bonds. The fourth-order valence-corrected chi connectivity index (χ4v) is 5.68. The smallest absolute Gasteiger partial charge is 0.319 e. The summed E-state index contributed by atoms with van der Waals surface area (Å²) in [5, 5.41) is 5.71. The molecule has 36 heavy (non-hydrogen) atoms. The number of hydrogen-bond acceptors (Lipinski definition) is 3. The van der Waals surface area contributed by atoms with E-state index in [1.807, 2.05) is 0 Å². The van der Waals surface area contributed by atoms with Gasteiger partial charge in [-0.15, -0.1) is 0 Å². The van der Waals surface area contributed by atoms with Gasteiger partial charge in [0.2, 0.25) is 5.91 Å². The Morgan fingerprint density at radius 2 is 1.81 bits per heavy atom. The number of nitrogens with zero attached hydrogens (tertiary/aromatic N) is 1. The van der Waals surface area contributed by atoms with Crippen LogP contribution in [0.2, 0.25) is 5.02 Å². The number of benzene rings is 3. The SMILES string of the molecule is Cc1c(-c2ccccc2P(C)(C)=O)ccc(N2CC[C@@H](NC(=O)Nc3ccc(Cl)cc3F)C2=O)c1F. The van der Waals surface area contributed by atoms with Gasteiger partial charge >= 0.3 is 6.03 Å². The van der Waals surface area contributed by atoms with Crippen LogP contribution in [0.25, 0.3) is 11.1 Å². The standard InChI is InChI=1S/C26H25ClF2N3O3P/c1-15-17(18-6-4-5-7-23(18)36(2,3)35)9-11-22(24(15)29)32-13-12-21(25(32)33)31-26(34)30-20-10-8-16(27)14-19(20)28/h4-11,14,21H,12-13H2,1-3H3,(H2,30,31,34)/t21-/m1/s1. The van der Waals surface area contributed by atoms with Gasteiger partial charge in [-0.2, -0.15) is 0 Å². The summed E-state index contributed by atoms with van der Waals surface area (Å²) in [4.78, 5) is 26.6. The van der Waals surface area contributed by atoms with Gasteiger partial charge in [-0.1, -0.05) is 41.9 Å². The molecule has 188 valence electrons. The molecule has 0 unspecified atom stereocenters. The van der Waals surface area contributed by atoms with Crippen molar-refractivity contribution in [2.45, 2.75) is 19.4 Å². The van der Waals surface area contributed by atoms with Crippen LogP contribution in [0.15, 0.2) is 54.6 Å². The lowest BCUT2D eigenvalue weighted by Gasteiger charge is -2.21. The van der Waals surface area contributed by atoms with E-state index in [1.54, 1.807) is 50.6 Å². The number of carbonyl (C=O) groups is 2. The Labute approximate surface area is 213 Å². The number of rotatable bonds is 5. The number of nitrogens with one attached hydrogen (secondary N) is 2. The minimum Gasteiger partial charge on any atom is -0.326 e. The Morgan fingerprint density at radius 1 is 1.08 bits per heavy atom. The molecule has 0 radical (unpaired) electrons. The minimum absolute atomic E-state index is 0.0829. The number of amides is 3. The van der Waals surface area contributed by atoms with Gasteiger partial charge in [0.15, 0.2) is 0 Å². The van der Waals surface area contributed by atoms with Crippen LogP contribution in [-0.4, -0.2) is 37.9 Å². The molecule has 0 aromatic heterocycles. The maximum Gasteiger partial charge on any atom is 0.319 e. The van der Waals surface area contributed by atoms with Gasteiger partial charge < -0.3 is 20.1 Å². The van der Waals surface area contributed by atoms with Crippen LogP contribution in [0.4, 0.5) is 25.0 Å². The zero-order chi connectivity index (χ0) is 26.2. The summed E-state index contributed by atoms with van der Waals surface area (Å²) in [5.41, 5.74) is 1.63. The first-order chi connectivity index (χ1) is 17.0. The van der Waals surface area contributed by atoms with Crippen LogP contribution in [0.5, 0.6) is 0 Å². The van der Waals surface area contributed by atoms with Gasteiger partial charge in [-0.3, -0.25) is 4.79 Å². The molecule has 1 aliphatic heterocycles. The van der Waals surface area contributed by atoms with Crippen molar-refractivity contribution < 1.29 is 22.9 Å². The predicted molar refractivity (Wildman–Crippen MR) is 140 cm³/mol. The largest absolute Gasteiger partial charge is 0.326 e. The first-order valence-corrected chi connectivity index (χ1v) is 14.2. The third kappa shape index (κ3) is 5.15. The number of anilines is 2. The second-order valence-electron chi connectivity index (χ2n) is 8.99. The summed E-state index contributed by atoms with van der Waals surface area (Å²) >= 11 is 5.72. The van der Waals surface area contributed by atoms with Gasteiger partial charge in [-0.05, 0) is 67.6 Å². The highest BCUT2D eigenvalue weighted by molar-refractivity contribution is 7.70. The first-order valence-electron chi connectivity index (χ1n) is 11.3. The molecule has 3 aromatic rings. The molecule has 10 heteroatoms. The molecule has 2 N–H and O–H groups in total. The molecule has 1 aliphatic rings. The van der Waals surface area contributed by atoms with Crippen molar-refractivity contribution in [3.63, 3.8) is 0 Å². The minimum atomic E-state index is -2.61. The van der Waals surface area contributed by atoms with Crippen LogP contribution in [0.1, 0.15) is 12.0 Å². The van der Waals surface area contributed by atoms with Crippen molar-refractivity contribution >= 4 is 47.4 Å². The molecular weight excluding hydrogens is 507 g/mol. The predicted octanol–water partition coefficient (Wildman–Crippen LogP) is 5.77. The van der Waals surface area contributed by atoms with E-state index in [2.05, 4.69) is 10.6 Å². The van der Waals surface area contributed by atoms with E-state index in [0.29, 0.717) is 22.0 Å². The van der Waals surface area contributed by atoms with Crippen molar-refractivity contribution in [3.05, 3.63) is 76.8 Å². The molecule has 1 atom stereocenters. The highest BCUT2D eigenvalue weighted by atomic mass is 35.5. The van der Waals surface area contributed by atoms with E-state index in [-0.39, 0.29) is 29.4 Å². The molecule has 0 aliphatic carbocycles. The Hall–Kier alpha value is -3.22. The van der Waals surface area contributed by atoms with Crippen molar-refractivity contribution in [3.8, 4) is 11.1 Å². The molecule has 0 bridgehead atoms. The zero-order valence-corrected chi connectivity index (χ0v) is 21.6. The van der Waals surface area contributed by atoms with E-state index < -0.39 is 36.8 Å². The Morgan fingerprint density at radius 3 is 2.50 bits per heavy atom. The quantitative estimate of drug-likeness (QED) is 0.410. The van der Waals surface area contributed by atoms with Crippen LogP contribution >= 0.6 is 18.7 Å². The molecular formula is C26H25ClF2N3O3P. The molecule has 0 spiro atoms. The maximum atomic E-state index is 15.5. The molecule has 4 rings (SSSR count). The average molecular weight is 532 g/mol. The van der Waals surface area contributed by atoms with Gasteiger partial charge in [-0.25, -0.2) is 13.6 Å². The first kappa shape index (κ1) is 25.9. The summed E-state index contributed by atoms with van der Waals surface area (Å²) in [6, 6.07) is 12.6. The van der Waals surface area contributed by atoms with Crippen LogP contribution < -0.4 is 20.8 Å². The van der Waals surface area contributed by atoms with Gasteiger partial charge in [0.25, 0.3) is 0 Å². The van der Waals surface area contributed by atoms with E-state index in [0.717, 1.165) is 6.07 Å². The number of carbonyl (C=O) groups excluding carboxylic acids is 2. The summed E-state index contributed by atoms with van der Waals surface area (Å²) in [5.74, 6) is -1.75. The second-order valence-corrected chi connectivity index (χ2v) is 12.6. The third-order valence-corrected chi connectivity index (χ3v) is 7.91. The number of halogens is 3. The Bertz CT molecular complexity index is 1410. The fourth-order valence-electron chi connectivity index (χ4n) is 4.30. The molecule has 1 fully saturated rings. The lowest BCUT2D eigenvalue weighted by atomic mass is 9.99. The van der Waals surface area contributed by atoms with Crippen molar-refractivity contribution in [1.29, 1.82) is 0 Å². The normalized spacial score (nSPS) is 15.8. The van der Waals surface area contributed by atoms with Gasteiger partial charge in [0.05, 0.1) is 11.4 Å². The average Bonchev–Trinajstić information content (AvgIpc) is 3.16. The van der Waals surface area contributed by atoms with E-state index in [9.17, 15) is 18.5 Å². The summed E-state index contributed by atoms with van der Waals surface area (Å²) < 4.78 is 42.3. The molecule has 3 aromatic carbocycles. The van der Waals surface area contributed by atoms with E-state index in [1.165, 1.54) is 23.1 Å². The lowest BCUT2D eigenvalue weighted by molar-refractivity contribution is -0.118. The molecule has 1 heterocycles. The van der Waals surface area contributed by atoms with Crippen molar-refractivity contribution in [1.82, 2.24) is 5.32 Å². The molecule has 1 saturated heterocycles. The topological polar surface area (TPSA) is 78.5 Å². The van der Waals surface area contributed by atoms with Crippen LogP contribution in [0.3, 0.4) is 0 Å². The monoisotopic (exact) mass is 531 g/mol.